The average Bonchev–Trinajstić information content (AvgIpc) is 3.24. The summed E-state index contributed by atoms with van der Waals surface area (Å²) in [4.78, 5) is 27.8. The quantitative estimate of drug-likeness (QED) is 0.599. The van der Waals surface area contributed by atoms with Crippen LogP contribution in [0.2, 0.25) is 0 Å². The molecule has 0 saturated heterocycles. The average molecular weight is 450 g/mol. The van der Waals surface area contributed by atoms with Crippen molar-refractivity contribution >= 4 is 17.5 Å². The number of carbonyl (C=O) groups excluding carboxylic acids is 2. The first-order valence-corrected chi connectivity index (χ1v) is 11.5. The van der Waals surface area contributed by atoms with E-state index < -0.39 is 0 Å². The van der Waals surface area contributed by atoms with Gasteiger partial charge in [-0.3, -0.25) is 9.59 Å². The number of methoxy groups -OCH3 is 1. The normalized spacial score (nSPS) is 15.7. The summed E-state index contributed by atoms with van der Waals surface area (Å²) in [7, 11) is 1.59. The number of aryl methyl sites for hydroxylation is 3. The molecule has 2 aromatic rings. The fraction of sp³-hybridized carbons (Fsp3) is 0.444. The molecule has 1 aliphatic rings. The van der Waals surface area contributed by atoms with E-state index in [-0.39, 0.29) is 30.3 Å². The molecule has 1 heterocycles. The van der Waals surface area contributed by atoms with Gasteiger partial charge in [-0.15, -0.1) is 0 Å². The highest BCUT2D eigenvalue weighted by atomic mass is 16.5. The van der Waals surface area contributed by atoms with Crippen molar-refractivity contribution in [1.29, 1.82) is 0 Å². The Kier molecular flexibility index (Phi) is 8.03. The van der Waals surface area contributed by atoms with Crippen molar-refractivity contribution in [1.82, 2.24) is 9.91 Å². The van der Waals surface area contributed by atoms with Crippen molar-refractivity contribution in [3.05, 3.63) is 70.3 Å². The second-order valence-corrected chi connectivity index (χ2v) is 9.12. The summed E-state index contributed by atoms with van der Waals surface area (Å²) in [6, 6.07) is 14.3. The van der Waals surface area contributed by atoms with Gasteiger partial charge in [0.2, 0.25) is 5.91 Å². The molecule has 2 amide bonds. The standard InChI is InChI=1S/C27H35N3O3/c1-18(2)27(32)29(13-14-33-6)17-26(31)30-25(22-10-7-19(3)8-11-22)16-24(28-30)23-12-9-20(4)21(5)15-23/h7-12,15,18,25H,13-14,16-17H2,1-6H3/t25-/m1/s1. The number of nitrogens with zero attached hydrogens (tertiary/aromatic N) is 3. The van der Waals surface area contributed by atoms with Crippen LogP contribution in [0.25, 0.3) is 0 Å². The Morgan fingerprint density at radius 1 is 1.09 bits per heavy atom. The summed E-state index contributed by atoms with van der Waals surface area (Å²) < 4.78 is 5.16. The molecule has 0 unspecified atom stereocenters. The number of hydrazone groups is 1. The van der Waals surface area contributed by atoms with Crippen molar-refractivity contribution in [3.8, 4) is 0 Å². The lowest BCUT2D eigenvalue weighted by Crippen LogP contribution is -2.44. The van der Waals surface area contributed by atoms with Crippen LogP contribution in [-0.4, -0.2) is 54.2 Å². The molecule has 0 spiro atoms. The van der Waals surface area contributed by atoms with Crippen LogP contribution in [0.15, 0.2) is 47.6 Å². The highest BCUT2D eigenvalue weighted by Crippen LogP contribution is 2.33. The van der Waals surface area contributed by atoms with E-state index in [4.69, 9.17) is 9.84 Å². The highest BCUT2D eigenvalue weighted by Gasteiger charge is 2.34. The highest BCUT2D eigenvalue weighted by molar-refractivity contribution is 6.03. The molecule has 0 N–H and O–H groups in total. The fourth-order valence-corrected chi connectivity index (χ4v) is 3.95. The predicted octanol–water partition coefficient (Wildman–Crippen LogP) is 4.42. The number of amides is 2. The van der Waals surface area contributed by atoms with E-state index >= 15 is 0 Å². The number of benzene rings is 2. The van der Waals surface area contributed by atoms with E-state index in [0.29, 0.717) is 19.6 Å². The van der Waals surface area contributed by atoms with Gasteiger partial charge in [0.1, 0.15) is 6.54 Å². The topological polar surface area (TPSA) is 62.2 Å². The largest absolute Gasteiger partial charge is 0.383 e. The Balaban J connectivity index is 1.92. The maximum Gasteiger partial charge on any atom is 0.262 e. The van der Waals surface area contributed by atoms with Crippen LogP contribution >= 0.6 is 0 Å². The second kappa shape index (κ2) is 10.8. The van der Waals surface area contributed by atoms with Gasteiger partial charge in [0.05, 0.1) is 18.4 Å². The Labute approximate surface area is 197 Å². The van der Waals surface area contributed by atoms with E-state index in [9.17, 15) is 9.59 Å². The van der Waals surface area contributed by atoms with Gasteiger partial charge in [-0.2, -0.15) is 5.10 Å². The molecule has 0 radical (unpaired) electrons. The Morgan fingerprint density at radius 2 is 1.79 bits per heavy atom. The molecule has 1 aliphatic heterocycles. The molecule has 176 valence electrons. The molecule has 0 aliphatic carbocycles. The minimum absolute atomic E-state index is 0.0214. The number of hydrogen-bond acceptors (Lipinski definition) is 4. The summed E-state index contributed by atoms with van der Waals surface area (Å²) in [5, 5.41) is 6.35. The third-order valence-electron chi connectivity index (χ3n) is 6.17. The van der Waals surface area contributed by atoms with Gasteiger partial charge >= 0.3 is 0 Å². The lowest BCUT2D eigenvalue weighted by atomic mass is 9.96. The predicted molar refractivity (Wildman–Crippen MR) is 131 cm³/mol. The van der Waals surface area contributed by atoms with Gasteiger partial charge in [0, 0.05) is 26.0 Å². The van der Waals surface area contributed by atoms with Crippen LogP contribution in [0.1, 0.15) is 54.1 Å². The minimum Gasteiger partial charge on any atom is -0.383 e. The molecular weight excluding hydrogens is 414 g/mol. The van der Waals surface area contributed by atoms with E-state index in [2.05, 4.69) is 56.3 Å². The van der Waals surface area contributed by atoms with Crippen LogP contribution in [0.3, 0.4) is 0 Å². The molecule has 1 atom stereocenters. The molecule has 0 bridgehead atoms. The van der Waals surface area contributed by atoms with Gasteiger partial charge in [-0.25, -0.2) is 5.01 Å². The first-order valence-electron chi connectivity index (χ1n) is 11.5. The molecule has 0 aromatic heterocycles. The molecule has 6 nitrogen and oxygen atoms in total. The summed E-state index contributed by atoms with van der Waals surface area (Å²) in [5.74, 6) is -0.454. The molecule has 0 fully saturated rings. The smallest absolute Gasteiger partial charge is 0.262 e. The van der Waals surface area contributed by atoms with Gasteiger partial charge in [-0.1, -0.05) is 55.8 Å². The summed E-state index contributed by atoms with van der Waals surface area (Å²) in [6.45, 7) is 10.6. The zero-order valence-electron chi connectivity index (χ0n) is 20.6. The summed E-state index contributed by atoms with van der Waals surface area (Å²) >= 11 is 0. The van der Waals surface area contributed by atoms with Gasteiger partial charge < -0.3 is 9.64 Å². The van der Waals surface area contributed by atoms with Crippen molar-refractivity contribution < 1.29 is 14.3 Å². The maximum atomic E-state index is 13.5. The van der Waals surface area contributed by atoms with Crippen molar-refractivity contribution in [3.63, 3.8) is 0 Å². The first kappa shape index (κ1) is 24.6. The lowest BCUT2D eigenvalue weighted by molar-refractivity contribution is -0.143. The zero-order valence-corrected chi connectivity index (χ0v) is 20.6. The van der Waals surface area contributed by atoms with Crippen LogP contribution in [0.4, 0.5) is 0 Å². The monoisotopic (exact) mass is 449 g/mol. The Hall–Kier alpha value is -2.99. The summed E-state index contributed by atoms with van der Waals surface area (Å²) in [6.07, 6.45) is 0.632. The van der Waals surface area contributed by atoms with Crippen LogP contribution in [0.5, 0.6) is 0 Å². The van der Waals surface area contributed by atoms with E-state index in [1.165, 1.54) is 11.1 Å². The maximum absolute atomic E-state index is 13.5. The molecular formula is C27H35N3O3. The van der Waals surface area contributed by atoms with Crippen LogP contribution in [-0.2, 0) is 14.3 Å². The minimum atomic E-state index is -0.201. The van der Waals surface area contributed by atoms with Crippen LogP contribution in [0, 0.1) is 26.7 Å². The van der Waals surface area contributed by atoms with E-state index in [1.807, 2.05) is 20.8 Å². The Bertz CT molecular complexity index is 1030. The van der Waals surface area contributed by atoms with E-state index in [1.54, 1.807) is 17.0 Å². The summed E-state index contributed by atoms with van der Waals surface area (Å²) in [5.41, 5.74) is 6.53. The third kappa shape index (κ3) is 5.88. The molecule has 33 heavy (non-hydrogen) atoms. The number of rotatable bonds is 8. The van der Waals surface area contributed by atoms with Gasteiger partial charge in [-0.05, 0) is 49.1 Å². The first-order chi connectivity index (χ1) is 15.7. The number of hydrogen-bond donors (Lipinski definition) is 0. The van der Waals surface area contributed by atoms with Crippen molar-refractivity contribution in [2.45, 2.75) is 47.1 Å². The molecule has 6 heteroatoms. The van der Waals surface area contributed by atoms with Gasteiger partial charge in [0.15, 0.2) is 0 Å². The second-order valence-electron chi connectivity index (χ2n) is 9.12. The zero-order chi connectivity index (χ0) is 24.1. The molecule has 3 rings (SSSR count). The number of carbonyl (C=O) groups is 2. The van der Waals surface area contributed by atoms with E-state index in [0.717, 1.165) is 22.4 Å². The van der Waals surface area contributed by atoms with Crippen molar-refractivity contribution in [2.75, 3.05) is 26.8 Å². The SMILES string of the molecule is COCCN(CC(=O)N1N=C(c2ccc(C)c(C)c2)C[C@@H]1c1ccc(C)cc1)C(=O)C(C)C. The van der Waals surface area contributed by atoms with Gasteiger partial charge in [0.25, 0.3) is 5.91 Å². The molecule has 0 saturated carbocycles. The molecule has 2 aromatic carbocycles. The van der Waals surface area contributed by atoms with Crippen molar-refractivity contribution in [2.24, 2.45) is 11.0 Å². The van der Waals surface area contributed by atoms with Crippen LogP contribution < -0.4 is 0 Å². The fourth-order valence-electron chi connectivity index (χ4n) is 3.95. The lowest BCUT2D eigenvalue weighted by Gasteiger charge is -2.28. The Morgan fingerprint density at radius 3 is 2.39 bits per heavy atom. The number of ether oxygens (including phenoxy) is 1. The third-order valence-corrected chi connectivity index (χ3v) is 6.17.